The molecular formula is C23H40O3Si. The second kappa shape index (κ2) is 6.68. The maximum absolute atomic E-state index is 10.7. The van der Waals surface area contributed by atoms with Crippen LogP contribution in [0, 0.1) is 34.5 Å². The fraction of sp³-hybridized carbons (Fsp3) is 0.913. The van der Waals surface area contributed by atoms with Gasteiger partial charge in [-0.2, -0.15) is 0 Å². The van der Waals surface area contributed by atoms with Crippen molar-refractivity contribution in [1.29, 1.82) is 0 Å². The van der Waals surface area contributed by atoms with Crippen molar-refractivity contribution in [1.82, 2.24) is 0 Å². The summed E-state index contributed by atoms with van der Waals surface area (Å²) in [6, 6.07) is 0. The van der Waals surface area contributed by atoms with E-state index in [1.165, 1.54) is 18.4 Å². The zero-order valence-electron chi connectivity index (χ0n) is 18.0. The fourth-order valence-electron chi connectivity index (χ4n) is 7.52. The van der Waals surface area contributed by atoms with Crippen LogP contribution in [0.1, 0.15) is 58.8 Å². The van der Waals surface area contributed by atoms with E-state index in [4.69, 9.17) is 4.43 Å². The first-order valence-electron chi connectivity index (χ1n) is 11.3. The molecule has 27 heavy (non-hydrogen) atoms. The normalized spacial score (nSPS) is 49.8. The maximum atomic E-state index is 10.7. The van der Waals surface area contributed by atoms with Gasteiger partial charge in [-0.15, -0.1) is 0 Å². The molecule has 0 spiro atoms. The van der Waals surface area contributed by atoms with E-state index in [1.807, 2.05) is 0 Å². The molecule has 3 unspecified atom stereocenters. The number of hydrogen-bond acceptors (Lipinski definition) is 3. The van der Waals surface area contributed by atoms with Crippen molar-refractivity contribution in [3.63, 3.8) is 0 Å². The summed E-state index contributed by atoms with van der Waals surface area (Å²) in [4.78, 5) is 0. The van der Waals surface area contributed by atoms with Gasteiger partial charge >= 0.3 is 0 Å². The zero-order chi connectivity index (χ0) is 19.6. The molecule has 0 bridgehead atoms. The summed E-state index contributed by atoms with van der Waals surface area (Å²) < 4.78 is 6.61. The van der Waals surface area contributed by atoms with Crippen molar-refractivity contribution < 1.29 is 14.6 Å². The monoisotopic (exact) mass is 392 g/mol. The Balaban J connectivity index is 1.72. The first-order chi connectivity index (χ1) is 12.6. The Morgan fingerprint density at radius 3 is 2.59 bits per heavy atom. The average molecular weight is 393 g/mol. The zero-order valence-corrected chi connectivity index (χ0v) is 19.0. The first-order valence-corrected chi connectivity index (χ1v) is 14.7. The summed E-state index contributed by atoms with van der Waals surface area (Å²) in [5.74, 6) is 2.44. The van der Waals surface area contributed by atoms with Crippen LogP contribution in [-0.4, -0.2) is 37.3 Å². The van der Waals surface area contributed by atoms with Gasteiger partial charge in [-0.3, -0.25) is 0 Å². The summed E-state index contributed by atoms with van der Waals surface area (Å²) in [5, 5.41) is 21.2. The minimum absolute atomic E-state index is 0.108. The third-order valence-corrected chi connectivity index (χ3v) is 10.00. The van der Waals surface area contributed by atoms with E-state index in [0.717, 1.165) is 38.7 Å². The molecule has 0 aromatic carbocycles. The minimum atomic E-state index is -1.61. The SMILES string of the molecule is CC1CC(O)CC2=CC[C@@H]3[C@@H](CC[C@]4(C)C(O)CC[C@@H]34)[C@]21CO[Si](C)(C)C. The third-order valence-electron chi connectivity index (χ3n) is 8.99. The van der Waals surface area contributed by atoms with E-state index < -0.39 is 8.32 Å². The third kappa shape index (κ3) is 3.10. The second-order valence-electron chi connectivity index (χ2n) is 11.4. The number of aliphatic hydroxyl groups excluding tert-OH is 2. The van der Waals surface area contributed by atoms with Crippen LogP contribution in [0.25, 0.3) is 0 Å². The van der Waals surface area contributed by atoms with Crippen LogP contribution in [-0.2, 0) is 4.43 Å². The molecule has 154 valence electrons. The molecule has 0 aromatic heterocycles. The van der Waals surface area contributed by atoms with Crippen molar-refractivity contribution >= 4 is 8.32 Å². The predicted molar refractivity (Wildman–Crippen MR) is 112 cm³/mol. The van der Waals surface area contributed by atoms with Gasteiger partial charge in [-0.1, -0.05) is 25.5 Å². The predicted octanol–water partition coefficient (Wildman–Crippen LogP) is 4.75. The quantitative estimate of drug-likeness (QED) is 0.538. The molecule has 0 saturated heterocycles. The Morgan fingerprint density at radius 1 is 1.15 bits per heavy atom. The highest BCUT2D eigenvalue weighted by atomic mass is 28.4. The van der Waals surface area contributed by atoms with Crippen LogP contribution in [0.2, 0.25) is 19.6 Å². The summed E-state index contributed by atoms with van der Waals surface area (Å²) in [6.07, 6.45) is 9.59. The van der Waals surface area contributed by atoms with Crippen molar-refractivity contribution in [2.24, 2.45) is 34.5 Å². The van der Waals surface area contributed by atoms with E-state index in [1.54, 1.807) is 0 Å². The van der Waals surface area contributed by atoms with Gasteiger partial charge in [-0.05, 0) is 93.7 Å². The number of allylic oxidation sites excluding steroid dienone is 1. The Labute approximate surface area is 166 Å². The molecule has 0 aliphatic heterocycles. The van der Waals surface area contributed by atoms with Gasteiger partial charge in [0.2, 0.25) is 0 Å². The largest absolute Gasteiger partial charge is 0.417 e. The lowest BCUT2D eigenvalue weighted by Crippen LogP contribution is -2.57. The lowest BCUT2D eigenvalue weighted by atomic mass is 9.45. The highest BCUT2D eigenvalue weighted by Crippen LogP contribution is 2.66. The van der Waals surface area contributed by atoms with Crippen molar-refractivity contribution in [3.05, 3.63) is 11.6 Å². The lowest BCUT2D eigenvalue weighted by molar-refractivity contribution is -0.105. The number of hydrogen-bond donors (Lipinski definition) is 2. The molecule has 0 heterocycles. The second-order valence-corrected chi connectivity index (χ2v) is 15.9. The molecule has 2 N–H and O–H groups in total. The van der Waals surface area contributed by atoms with Crippen molar-refractivity contribution in [2.75, 3.05) is 6.61 Å². The van der Waals surface area contributed by atoms with Gasteiger partial charge in [0.25, 0.3) is 0 Å². The van der Waals surface area contributed by atoms with Gasteiger partial charge in [-0.25, -0.2) is 0 Å². The molecular weight excluding hydrogens is 352 g/mol. The van der Waals surface area contributed by atoms with E-state index in [0.29, 0.717) is 23.7 Å². The Bertz CT molecular complexity index is 611. The summed E-state index contributed by atoms with van der Waals surface area (Å²) in [6.45, 7) is 12.4. The van der Waals surface area contributed by atoms with Crippen LogP contribution in [0.4, 0.5) is 0 Å². The first kappa shape index (κ1) is 20.1. The molecule has 3 saturated carbocycles. The molecule has 4 rings (SSSR count). The van der Waals surface area contributed by atoms with E-state index in [-0.39, 0.29) is 23.0 Å². The molecule has 4 aliphatic rings. The van der Waals surface area contributed by atoms with Gasteiger partial charge in [0.15, 0.2) is 8.32 Å². The van der Waals surface area contributed by atoms with Gasteiger partial charge < -0.3 is 14.6 Å². The van der Waals surface area contributed by atoms with E-state index in [2.05, 4.69) is 39.6 Å². The minimum Gasteiger partial charge on any atom is -0.417 e. The maximum Gasteiger partial charge on any atom is 0.183 e. The Kier molecular flexibility index (Phi) is 4.98. The van der Waals surface area contributed by atoms with Crippen molar-refractivity contribution in [2.45, 2.75) is 90.6 Å². The smallest absolute Gasteiger partial charge is 0.183 e. The summed E-state index contributed by atoms with van der Waals surface area (Å²) in [7, 11) is -1.61. The van der Waals surface area contributed by atoms with Crippen LogP contribution < -0.4 is 0 Å². The highest BCUT2D eigenvalue weighted by molar-refractivity contribution is 6.69. The molecule has 4 heteroatoms. The molecule has 8 atom stereocenters. The van der Waals surface area contributed by atoms with E-state index >= 15 is 0 Å². The van der Waals surface area contributed by atoms with Crippen LogP contribution in [0.15, 0.2) is 11.6 Å². The highest BCUT2D eigenvalue weighted by Gasteiger charge is 2.61. The number of rotatable bonds is 3. The van der Waals surface area contributed by atoms with Crippen molar-refractivity contribution in [3.8, 4) is 0 Å². The van der Waals surface area contributed by atoms with Crippen LogP contribution >= 0.6 is 0 Å². The molecule has 0 aromatic rings. The van der Waals surface area contributed by atoms with Gasteiger partial charge in [0.1, 0.15) is 0 Å². The molecule has 0 radical (unpaired) electrons. The topological polar surface area (TPSA) is 49.7 Å². The van der Waals surface area contributed by atoms with Gasteiger partial charge in [0.05, 0.1) is 12.2 Å². The number of aliphatic hydroxyl groups is 2. The van der Waals surface area contributed by atoms with Crippen LogP contribution in [0.3, 0.4) is 0 Å². The molecule has 0 amide bonds. The van der Waals surface area contributed by atoms with E-state index in [9.17, 15) is 10.2 Å². The molecule has 3 fully saturated rings. The molecule has 3 nitrogen and oxygen atoms in total. The number of fused-ring (bicyclic) bond motifs is 5. The Hall–Kier alpha value is -0.163. The summed E-state index contributed by atoms with van der Waals surface area (Å²) >= 11 is 0. The lowest BCUT2D eigenvalue weighted by Gasteiger charge is -2.61. The van der Waals surface area contributed by atoms with Crippen LogP contribution in [0.5, 0.6) is 0 Å². The standard InChI is InChI=1S/C23H40O3Si/c1-15-12-17(24)13-16-6-7-18-19-8-9-21(25)22(19,2)11-10-20(18)23(15,16)14-26-27(3,4)5/h6,15,17-21,24-25H,7-14H2,1-5H3/t15?,17?,18-,19-,20+,21?,22-,23-/m0/s1. The average Bonchev–Trinajstić information content (AvgIpc) is 2.88. The summed E-state index contributed by atoms with van der Waals surface area (Å²) in [5.41, 5.74) is 1.72. The molecule has 4 aliphatic carbocycles. The van der Waals surface area contributed by atoms with Gasteiger partial charge in [0, 0.05) is 12.0 Å². The fourth-order valence-corrected chi connectivity index (χ4v) is 8.20. The Morgan fingerprint density at radius 2 is 1.89 bits per heavy atom.